The van der Waals surface area contributed by atoms with E-state index in [-0.39, 0.29) is 5.69 Å². The maximum absolute atomic E-state index is 11.2. The summed E-state index contributed by atoms with van der Waals surface area (Å²) in [6.07, 6.45) is 2.14. The number of hydrogen-bond acceptors (Lipinski definition) is 5. The van der Waals surface area contributed by atoms with Gasteiger partial charge in [0.25, 0.3) is 0 Å². The Bertz CT molecular complexity index is 940. The van der Waals surface area contributed by atoms with E-state index in [9.17, 15) is 15.0 Å². The molecule has 0 radical (unpaired) electrons. The molecule has 1 atom stereocenters. The van der Waals surface area contributed by atoms with Gasteiger partial charge in [-0.2, -0.15) is 0 Å². The summed E-state index contributed by atoms with van der Waals surface area (Å²) >= 11 is 0. The zero-order valence-corrected chi connectivity index (χ0v) is 14.4. The first-order chi connectivity index (χ1) is 12.4. The minimum Gasteiger partial charge on any atom is -0.491 e. The van der Waals surface area contributed by atoms with Gasteiger partial charge in [0.05, 0.1) is 12.1 Å². The van der Waals surface area contributed by atoms with Crippen LogP contribution in [0, 0.1) is 11.8 Å². The number of rotatable bonds is 1. The lowest BCUT2D eigenvalue weighted by atomic mass is 10.0. The van der Waals surface area contributed by atoms with Crippen LogP contribution in [0.15, 0.2) is 24.4 Å². The summed E-state index contributed by atoms with van der Waals surface area (Å²) in [5, 5.41) is 19.7. The number of likely N-dealkylation sites (N-methyl/N-ethyl adjacent to an activating group) is 1. The summed E-state index contributed by atoms with van der Waals surface area (Å²) in [6, 6.07) is 5.49. The molecule has 0 bridgehead atoms. The SMILES string of the molecule is CN1CCC(O)(C#Cc2ccc3c(c2)-c2nc(C(=O)O)cn2CCO3)C1. The van der Waals surface area contributed by atoms with Crippen molar-refractivity contribution >= 4 is 5.97 Å². The molecule has 4 rings (SSSR count). The van der Waals surface area contributed by atoms with Crippen molar-refractivity contribution in [2.75, 3.05) is 26.7 Å². The monoisotopic (exact) mass is 353 g/mol. The molecular formula is C19H19N3O4. The van der Waals surface area contributed by atoms with E-state index in [1.54, 1.807) is 4.57 Å². The molecule has 7 heteroatoms. The van der Waals surface area contributed by atoms with Crippen LogP contribution in [-0.2, 0) is 6.54 Å². The Morgan fingerprint density at radius 2 is 2.23 bits per heavy atom. The first-order valence-electron chi connectivity index (χ1n) is 8.45. The Morgan fingerprint density at radius 3 is 2.96 bits per heavy atom. The van der Waals surface area contributed by atoms with E-state index in [1.807, 2.05) is 30.1 Å². The molecule has 2 N–H and O–H groups in total. The van der Waals surface area contributed by atoms with Gasteiger partial charge in [-0.25, -0.2) is 9.78 Å². The van der Waals surface area contributed by atoms with Crippen molar-refractivity contribution in [3.63, 3.8) is 0 Å². The number of imidazole rings is 1. The number of aromatic carboxylic acids is 1. The molecule has 0 saturated carbocycles. The van der Waals surface area contributed by atoms with Crippen molar-refractivity contribution in [3.8, 4) is 29.0 Å². The Balaban J connectivity index is 1.72. The van der Waals surface area contributed by atoms with E-state index in [1.165, 1.54) is 6.20 Å². The van der Waals surface area contributed by atoms with Crippen molar-refractivity contribution in [2.45, 2.75) is 18.6 Å². The van der Waals surface area contributed by atoms with E-state index in [0.29, 0.717) is 43.3 Å². The van der Waals surface area contributed by atoms with E-state index in [2.05, 4.69) is 16.8 Å². The summed E-state index contributed by atoms with van der Waals surface area (Å²) < 4.78 is 7.53. The molecule has 26 heavy (non-hydrogen) atoms. The van der Waals surface area contributed by atoms with E-state index in [4.69, 9.17) is 4.74 Å². The molecule has 2 aromatic rings. The fraction of sp³-hybridized carbons (Fsp3) is 0.368. The van der Waals surface area contributed by atoms with Crippen molar-refractivity contribution in [1.29, 1.82) is 0 Å². The van der Waals surface area contributed by atoms with Crippen LogP contribution in [0.1, 0.15) is 22.5 Å². The molecule has 3 heterocycles. The molecule has 0 aliphatic carbocycles. The summed E-state index contributed by atoms with van der Waals surface area (Å²) in [6.45, 7) is 2.31. The van der Waals surface area contributed by atoms with Gasteiger partial charge < -0.3 is 24.4 Å². The highest BCUT2D eigenvalue weighted by atomic mass is 16.5. The number of carbonyl (C=O) groups is 1. The average Bonchev–Trinajstić information content (AvgIpc) is 3.13. The third-order valence-electron chi connectivity index (χ3n) is 4.68. The molecule has 134 valence electrons. The number of likely N-dealkylation sites (tertiary alicyclic amines) is 1. The fourth-order valence-corrected chi connectivity index (χ4v) is 3.34. The van der Waals surface area contributed by atoms with Crippen molar-refractivity contribution in [3.05, 3.63) is 35.7 Å². The second-order valence-electron chi connectivity index (χ2n) is 6.78. The summed E-state index contributed by atoms with van der Waals surface area (Å²) in [5.41, 5.74) is 0.445. The third-order valence-corrected chi connectivity index (χ3v) is 4.68. The molecular weight excluding hydrogens is 334 g/mol. The van der Waals surface area contributed by atoms with Crippen molar-refractivity contribution in [2.24, 2.45) is 0 Å². The van der Waals surface area contributed by atoms with Gasteiger partial charge in [-0.05, 0) is 25.2 Å². The lowest BCUT2D eigenvalue weighted by Crippen LogP contribution is -2.29. The smallest absolute Gasteiger partial charge is 0.356 e. The zero-order valence-electron chi connectivity index (χ0n) is 14.4. The first kappa shape index (κ1) is 16.6. The molecule has 1 aromatic heterocycles. The Kier molecular flexibility index (Phi) is 3.94. The molecule has 0 spiro atoms. The number of nitrogens with zero attached hydrogens (tertiary/aromatic N) is 3. The number of carboxylic acids is 1. The largest absolute Gasteiger partial charge is 0.491 e. The highest BCUT2D eigenvalue weighted by Gasteiger charge is 2.32. The van der Waals surface area contributed by atoms with Gasteiger partial charge in [-0.1, -0.05) is 11.8 Å². The van der Waals surface area contributed by atoms with Crippen molar-refractivity contribution in [1.82, 2.24) is 14.5 Å². The zero-order chi connectivity index (χ0) is 18.3. The fourth-order valence-electron chi connectivity index (χ4n) is 3.34. The van der Waals surface area contributed by atoms with Crippen LogP contribution in [0.3, 0.4) is 0 Å². The summed E-state index contributed by atoms with van der Waals surface area (Å²) in [5.74, 6) is 6.16. The number of aliphatic hydroxyl groups is 1. The average molecular weight is 353 g/mol. The number of β-amino-alcohol motifs (C(OH)–C–C–N with tert-alkyl or cyclic N) is 1. The van der Waals surface area contributed by atoms with Gasteiger partial charge in [-0.3, -0.25) is 0 Å². The van der Waals surface area contributed by atoms with Gasteiger partial charge >= 0.3 is 5.97 Å². The standard InChI is InChI=1S/C19H19N3O4/c1-21-7-6-19(25,12-21)5-4-13-2-3-16-14(10-13)17-20-15(18(23)24)11-22(17)8-9-26-16/h2-3,10-11,25H,6-9,12H2,1H3,(H,23,24). The quantitative estimate of drug-likeness (QED) is 0.746. The molecule has 7 nitrogen and oxygen atoms in total. The van der Waals surface area contributed by atoms with E-state index >= 15 is 0 Å². The number of ether oxygens (including phenoxy) is 1. The molecule has 1 unspecified atom stereocenters. The number of aromatic nitrogens is 2. The predicted octanol–water partition coefficient (Wildman–Crippen LogP) is 1.06. The van der Waals surface area contributed by atoms with Crippen LogP contribution in [0.5, 0.6) is 5.75 Å². The Morgan fingerprint density at radius 1 is 1.38 bits per heavy atom. The van der Waals surface area contributed by atoms with Gasteiger partial charge in [0.15, 0.2) is 5.69 Å². The molecule has 1 fully saturated rings. The highest BCUT2D eigenvalue weighted by molar-refractivity contribution is 5.86. The van der Waals surface area contributed by atoms with Crippen LogP contribution in [0.2, 0.25) is 0 Å². The lowest BCUT2D eigenvalue weighted by molar-refractivity contribution is 0.0690. The summed E-state index contributed by atoms with van der Waals surface area (Å²) in [4.78, 5) is 17.5. The lowest BCUT2D eigenvalue weighted by Gasteiger charge is -2.14. The van der Waals surface area contributed by atoms with Crippen LogP contribution in [0.4, 0.5) is 0 Å². The van der Waals surface area contributed by atoms with Gasteiger partial charge in [0, 0.05) is 31.3 Å². The van der Waals surface area contributed by atoms with Crippen LogP contribution in [-0.4, -0.2) is 63.0 Å². The maximum atomic E-state index is 11.2. The second kappa shape index (κ2) is 6.16. The maximum Gasteiger partial charge on any atom is 0.356 e. The van der Waals surface area contributed by atoms with E-state index < -0.39 is 11.6 Å². The van der Waals surface area contributed by atoms with Gasteiger partial charge in [0.1, 0.15) is 23.8 Å². The predicted molar refractivity (Wildman–Crippen MR) is 94.1 cm³/mol. The number of benzene rings is 1. The van der Waals surface area contributed by atoms with E-state index in [0.717, 1.165) is 12.1 Å². The van der Waals surface area contributed by atoms with Crippen molar-refractivity contribution < 1.29 is 19.7 Å². The Labute approximate surface area is 150 Å². The molecule has 2 aliphatic heterocycles. The minimum atomic E-state index is -1.06. The van der Waals surface area contributed by atoms with Crippen LogP contribution >= 0.6 is 0 Å². The number of hydrogen-bond donors (Lipinski definition) is 2. The third kappa shape index (κ3) is 3.05. The van der Waals surface area contributed by atoms with Gasteiger partial charge in [-0.15, -0.1) is 0 Å². The summed E-state index contributed by atoms with van der Waals surface area (Å²) in [7, 11) is 1.96. The first-order valence-corrected chi connectivity index (χ1v) is 8.45. The number of carboxylic acid groups (broad SMARTS) is 1. The molecule has 1 saturated heterocycles. The van der Waals surface area contributed by atoms with Crippen LogP contribution < -0.4 is 4.74 Å². The highest BCUT2D eigenvalue weighted by Crippen LogP contribution is 2.33. The topological polar surface area (TPSA) is 87.8 Å². The number of fused-ring (bicyclic) bond motifs is 3. The molecule has 2 aliphatic rings. The van der Waals surface area contributed by atoms with Gasteiger partial charge in [0.2, 0.25) is 0 Å². The normalized spacial score (nSPS) is 21.8. The Hall–Kier alpha value is -2.82. The minimum absolute atomic E-state index is 0.00708. The second-order valence-corrected chi connectivity index (χ2v) is 6.78. The molecule has 0 amide bonds. The van der Waals surface area contributed by atoms with Crippen LogP contribution in [0.25, 0.3) is 11.4 Å². The molecule has 1 aromatic carbocycles.